The maximum atomic E-state index is 13.1. The molecule has 0 heterocycles. The lowest BCUT2D eigenvalue weighted by molar-refractivity contribution is 0.258. The molecule has 0 saturated heterocycles. The quantitative estimate of drug-likeness (QED) is 0.667. The van der Waals surface area contributed by atoms with E-state index in [1.807, 2.05) is 31.2 Å². The highest BCUT2D eigenvalue weighted by Crippen LogP contribution is 2.19. The van der Waals surface area contributed by atoms with E-state index in [9.17, 15) is 4.39 Å². The van der Waals surface area contributed by atoms with Gasteiger partial charge in [0.05, 0.1) is 0 Å². The Morgan fingerprint density at radius 2 is 1.83 bits per heavy atom. The van der Waals surface area contributed by atoms with E-state index in [2.05, 4.69) is 5.32 Å². The van der Waals surface area contributed by atoms with Crippen molar-refractivity contribution in [2.24, 2.45) is 0 Å². The minimum Gasteiger partial charge on any atom is -0.354 e. The normalized spacial score (nSPS) is 11.3. The Morgan fingerprint density at radius 1 is 1.25 bits per heavy atom. The SMILES string of the molecule is Cc1ccccc1NC(C)(C)F. The Hall–Kier alpha value is -1.05. The van der Waals surface area contributed by atoms with Crippen LogP contribution in [-0.4, -0.2) is 5.79 Å². The van der Waals surface area contributed by atoms with Crippen LogP contribution < -0.4 is 5.32 Å². The number of hydrogen-bond acceptors (Lipinski definition) is 1. The number of nitrogens with one attached hydrogen (secondary N) is 1. The van der Waals surface area contributed by atoms with Crippen molar-refractivity contribution in [2.75, 3.05) is 5.32 Å². The number of alkyl halides is 1. The summed E-state index contributed by atoms with van der Waals surface area (Å²) in [5, 5.41) is 2.78. The molecule has 0 aliphatic heterocycles. The summed E-state index contributed by atoms with van der Waals surface area (Å²) < 4.78 is 13.1. The molecule has 2 heteroatoms. The topological polar surface area (TPSA) is 12.0 Å². The summed E-state index contributed by atoms with van der Waals surface area (Å²) >= 11 is 0. The van der Waals surface area contributed by atoms with Gasteiger partial charge < -0.3 is 5.32 Å². The molecule has 0 unspecified atom stereocenters. The van der Waals surface area contributed by atoms with Crippen molar-refractivity contribution in [3.05, 3.63) is 29.8 Å². The Balaban J connectivity index is 2.83. The van der Waals surface area contributed by atoms with Gasteiger partial charge >= 0.3 is 0 Å². The molecule has 0 bridgehead atoms. The first-order valence-electron chi connectivity index (χ1n) is 4.02. The molecule has 1 aromatic rings. The zero-order valence-corrected chi connectivity index (χ0v) is 7.69. The van der Waals surface area contributed by atoms with Gasteiger partial charge in [-0.15, -0.1) is 0 Å². The molecule has 1 nitrogen and oxygen atoms in total. The summed E-state index contributed by atoms with van der Waals surface area (Å²) in [4.78, 5) is 0. The molecule has 0 amide bonds. The van der Waals surface area contributed by atoms with Crippen LogP contribution in [0.3, 0.4) is 0 Å². The molecule has 1 N–H and O–H groups in total. The molecule has 1 rings (SSSR count). The van der Waals surface area contributed by atoms with Crippen molar-refractivity contribution < 1.29 is 4.39 Å². The second kappa shape index (κ2) is 3.13. The largest absolute Gasteiger partial charge is 0.354 e. The summed E-state index contributed by atoms with van der Waals surface area (Å²) in [5.74, 6) is -1.36. The number of para-hydroxylation sites is 1. The van der Waals surface area contributed by atoms with Crippen LogP contribution in [-0.2, 0) is 0 Å². The van der Waals surface area contributed by atoms with Gasteiger partial charge in [0.1, 0.15) is 0 Å². The fraction of sp³-hybridized carbons (Fsp3) is 0.400. The van der Waals surface area contributed by atoms with E-state index in [0.717, 1.165) is 11.3 Å². The Labute approximate surface area is 72.6 Å². The lowest BCUT2D eigenvalue weighted by Crippen LogP contribution is -2.24. The summed E-state index contributed by atoms with van der Waals surface area (Å²) in [7, 11) is 0. The molecular weight excluding hydrogens is 153 g/mol. The standard InChI is InChI=1S/C10H14FN/c1-8-6-4-5-7-9(8)12-10(2,3)11/h4-7,12H,1-3H3. The average molecular weight is 167 g/mol. The molecule has 66 valence electrons. The molecule has 0 aliphatic rings. The third kappa shape index (κ3) is 2.53. The number of anilines is 1. The molecule has 0 aromatic heterocycles. The van der Waals surface area contributed by atoms with Gasteiger partial charge in [0.2, 0.25) is 0 Å². The molecule has 12 heavy (non-hydrogen) atoms. The van der Waals surface area contributed by atoms with Crippen molar-refractivity contribution >= 4 is 5.69 Å². The predicted molar refractivity (Wildman–Crippen MR) is 50.0 cm³/mol. The van der Waals surface area contributed by atoms with Crippen molar-refractivity contribution in [3.63, 3.8) is 0 Å². The first kappa shape index (κ1) is 9.04. The molecule has 0 aliphatic carbocycles. The van der Waals surface area contributed by atoms with Gasteiger partial charge in [0.25, 0.3) is 0 Å². The third-order valence-electron chi connectivity index (χ3n) is 1.58. The molecule has 0 radical (unpaired) electrons. The van der Waals surface area contributed by atoms with Gasteiger partial charge in [-0.2, -0.15) is 0 Å². The van der Waals surface area contributed by atoms with E-state index >= 15 is 0 Å². The van der Waals surface area contributed by atoms with Gasteiger partial charge in [0, 0.05) is 5.69 Å². The summed E-state index contributed by atoms with van der Waals surface area (Å²) in [6.07, 6.45) is 0. The van der Waals surface area contributed by atoms with Crippen molar-refractivity contribution in [3.8, 4) is 0 Å². The Bertz CT molecular complexity index is 263. The molecule has 0 atom stereocenters. The van der Waals surface area contributed by atoms with E-state index in [-0.39, 0.29) is 0 Å². The van der Waals surface area contributed by atoms with Gasteiger partial charge in [-0.05, 0) is 32.4 Å². The summed E-state index contributed by atoms with van der Waals surface area (Å²) in [5.41, 5.74) is 1.91. The highest BCUT2D eigenvalue weighted by molar-refractivity contribution is 5.51. The van der Waals surface area contributed by atoms with Crippen LogP contribution >= 0.6 is 0 Å². The minimum absolute atomic E-state index is 0.852. The van der Waals surface area contributed by atoms with Crippen molar-refractivity contribution in [1.82, 2.24) is 0 Å². The summed E-state index contributed by atoms with van der Waals surface area (Å²) in [6, 6.07) is 7.65. The first-order chi connectivity index (χ1) is 5.49. The fourth-order valence-electron chi connectivity index (χ4n) is 1.03. The number of hydrogen-bond donors (Lipinski definition) is 1. The highest BCUT2D eigenvalue weighted by atomic mass is 19.1. The van der Waals surface area contributed by atoms with Crippen molar-refractivity contribution in [1.29, 1.82) is 0 Å². The maximum Gasteiger partial charge on any atom is 0.174 e. The minimum atomic E-state index is -1.36. The Morgan fingerprint density at radius 3 is 2.33 bits per heavy atom. The van der Waals surface area contributed by atoms with Gasteiger partial charge in [-0.3, -0.25) is 0 Å². The molecule has 0 fully saturated rings. The van der Waals surface area contributed by atoms with Crippen LogP contribution in [0.25, 0.3) is 0 Å². The number of rotatable bonds is 2. The summed E-state index contributed by atoms with van der Waals surface area (Å²) in [6.45, 7) is 4.95. The zero-order valence-electron chi connectivity index (χ0n) is 7.69. The van der Waals surface area contributed by atoms with Gasteiger partial charge in [-0.1, -0.05) is 18.2 Å². The fourth-order valence-corrected chi connectivity index (χ4v) is 1.03. The Kier molecular flexibility index (Phi) is 2.36. The number of halogens is 1. The number of benzene rings is 1. The second-order valence-corrected chi connectivity index (χ2v) is 3.41. The van der Waals surface area contributed by atoms with E-state index in [4.69, 9.17) is 0 Å². The lowest BCUT2D eigenvalue weighted by Gasteiger charge is -2.19. The highest BCUT2D eigenvalue weighted by Gasteiger charge is 2.14. The average Bonchev–Trinajstić information content (AvgIpc) is 1.91. The predicted octanol–water partition coefficient (Wildman–Crippen LogP) is 3.11. The van der Waals surface area contributed by atoms with Crippen LogP contribution in [0, 0.1) is 6.92 Å². The van der Waals surface area contributed by atoms with E-state index in [1.54, 1.807) is 0 Å². The van der Waals surface area contributed by atoms with E-state index in [0.29, 0.717) is 0 Å². The second-order valence-electron chi connectivity index (χ2n) is 3.41. The van der Waals surface area contributed by atoms with Crippen LogP contribution in [0.2, 0.25) is 0 Å². The van der Waals surface area contributed by atoms with Crippen LogP contribution in [0.5, 0.6) is 0 Å². The maximum absolute atomic E-state index is 13.1. The van der Waals surface area contributed by atoms with Crippen LogP contribution in [0.4, 0.5) is 10.1 Å². The molecule has 1 aromatic carbocycles. The van der Waals surface area contributed by atoms with Crippen LogP contribution in [0.15, 0.2) is 24.3 Å². The molecular formula is C10H14FN. The molecule has 0 spiro atoms. The monoisotopic (exact) mass is 167 g/mol. The zero-order chi connectivity index (χ0) is 9.19. The van der Waals surface area contributed by atoms with E-state index < -0.39 is 5.79 Å². The lowest BCUT2D eigenvalue weighted by atomic mass is 10.2. The first-order valence-corrected chi connectivity index (χ1v) is 4.02. The third-order valence-corrected chi connectivity index (χ3v) is 1.58. The van der Waals surface area contributed by atoms with E-state index in [1.165, 1.54) is 13.8 Å². The van der Waals surface area contributed by atoms with Gasteiger partial charge in [0.15, 0.2) is 5.79 Å². The van der Waals surface area contributed by atoms with Crippen LogP contribution in [0.1, 0.15) is 19.4 Å². The van der Waals surface area contributed by atoms with Crippen molar-refractivity contribution in [2.45, 2.75) is 26.6 Å². The van der Waals surface area contributed by atoms with Gasteiger partial charge in [-0.25, -0.2) is 4.39 Å². The number of aryl methyl sites for hydroxylation is 1. The smallest absolute Gasteiger partial charge is 0.174 e. The molecule has 0 saturated carbocycles.